The third kappa shape index (κ3) is 4.52. The summed E-state index contributed by atoms with van der Waals surface area (Å²) in [5.74, 6) is -0.486. The van der Waals surface area contributed by atoms with E-state index < -0.39 is 4.92 Å². The Balaban J connectivity index is 1.79. The molecule has 8 heteroatoms. The van der Waals surface area contributed by atoms with Gasteiger partial charge in [-0.15, -0.1) is 0 Å². The first-order chi connectivity index (χ1) is 13.4. The lowest BCUT2D eigenvalue weighted by atomic mass is 10.2. The number of phenolic OH excluding ortho intramolecular Hbond substituents is 1. The zero-order chi connectivity index (χ0) is 20.1. The van der Waals surface area contributed by atoms with Crippen molar-refractivity contribution in [1.29, 1.82) is 0 Å². The van der Waals surface area contributed by atoms with E-state index in [0.29, 0.717) is 22.0 Å². The summed E-state index contributed by atoms with van der Waals surface area (Å²) in [6.07, 6.45) is 1.32. The number of halogens is 1. The second kappa shape index (κ2) is 8.32. The number of rotatable bonds is 5. The summed E-state index contributed by atoms with van der Waals surface area (Å²) in [5.41, 5.74) is 1.39. The van der Waals surface area contributed by atoms with Crippen molar-refractivity contribution in [3.8, 4) is 5.75 Å². The lowest BCUT2D eigenvalue weighted by molar-refractivity contribution is -0.384. The highest BCUT2D eigenvalue weighted by Gasteiger charge is 2.10. The summed E-state index contributed by atoms with van der Waals surface area (Å²) in [7, 11) is 0. The van der Waals surface area contributed by atoms with Crippen molar-refractivity contribution in [3.63, 3.8) is 0 Å². The second-order valence-corrected chi connectivity index (χ2v) is 6.15. The highest BCUT2D eigenvalue weighted by molar-refractivity contribution is 6.34. The van der Waals surface area contributed by atoms with Gasteiger partial charge in [-0.25, -0.2) is 0 Å². The van der Waals surface area contributed by atoms with Crippen LogP contribution < -0.4 is 5.32 Å². The minimum Gasteiger partial charge on any atom is -0.507 e. The molecule has 0 fully saturated rings. The van der Waals surface area contributed by atoms with Crippen LogP contribution in [0.3, 0.4) is 0 Å². The van der Waals surface area contributed by atoms with Crippen LogP contribution in [0.2, 0.25) is 5.02 Å². The largest absolute Gasteiger partial charge is 0.507 e. The molecule has 0 saturated heterocycles. The van der Waals surface area contributed by atoms with Gasteiger partial charge in [0.2, 0.25) is 0 Å². The maximum absolute atomic E-state index is 12.3. The van der Waals surface area contributed by atoms with Gasteiger partial charge in [0.05, 0.1) is 21.2 Å². The molecule has 0 heterocycles. The van der Waals surface area contributed by atoms with Crippen LogP contribution in [0.25, 0.3) is 0 Å². The van der Waals surface area contributed by atoms with Crippen molar-refractivity contribution in [2.24, 2.45) is 4.99 Å². The number of amides is 1. The van der Waals surface area contributed by atoms with Crippen LogP contribution >= 0.6 is 11.6 Å². The minimum absolute atomic E-state index is 0.127. The van der Waals surface area contributed by atoms with Gasteiger partial charge in [-0.1, -0.05) is 29.8 Å². The number of aromatic hydroxyl groups is 1. The number of aliphatic imine (C=N–C) groups is 1. The van der Waals surface area contributed by atoms with E-state index in [4.69, 9.17) is 11.6 Å². The van der Waals surface area contributed by atoms with Gasteiger partial charge in [-0.2, -0.15) is 0 Å². The third-order valence-electron chi connectivity index (χ3n) is 3.80. The van der Waals surface area contributed by atoms with E-state index in [1.54, 1.807) is 48.5 Å². The first-order valence-corrected chi connectivity index (χ1v) is 8.49. The van der Waals surface area contributed by atoms with Crippen LogP contribution in [-0.4, -0.2) is 22.2 Å². The molecule has 3 aromatic rings. The maximum Gasteiger partial charge on any atom is 0.270 e. The summed E-state index contributed by atoms with van der Waals surface area (Å²) in [6, 6.07) is 17.1. The Hall–Kier alpha value is -3.71. The average Bonchev–Trinajstić information content (AvgIpc) is 2.67. The first-order valence-electron chi connectivity index (χ1n) is 8.11. The molecule has 1 amide bonds. The van der Waals surface area contributed by atoms with E-state index in [2.05, 4.69) is 10.3 Å². The lowest BCUT2D eigenvalue weighted by Crippen LogP contribution is -2.12. The zero-order valence-corrected chi connectivity index (χ0v) is 15.1. The molecule has 0 unspecified atom stereocenters. The Morgan fingerprint density at radius 3 is 2.64 bits per heavy atom. The Kier molecular flexibility index (Phi) is 5.67. The number of non-ortho nitro benzene ring substituents is 1. The monoisotopic (exact) mass is 395 g/mol. The number of benzene rings is 3. The third-order valence-corrected chi connectivity index (χ3v) is 4.13. The molecule has 0 aliphatic heterocycles. The number of carbonyl (C=O) groups is 1. The Morgan fingerprint density at radius 2 is 1.89 bits per heavy atom. The summed E-state index contributed by atoms with van der Waals surface area (Å²) >= 11 is 6.03. The fourth-order valence-corrected chi connectivity index (χ4v) is 2.63. The minimum atomic E-state index is -0.554. The van der Waals surface area contributed by atoms with E-state index in [1.165, 1.54) is 24.4 Å². The molecule has 140 valence electrons. The van der Waals surface area contributed by atoms with Crippen LogP contribution in [0.1, 0.15) is 15.9 Å². The van der Waals surface area contributed by atoms with E-state index in [-0.39, 0.29) is 22.9 Å². The average molecular weight is 396 g/mol. The van der Waals surface area contributed by atoms with Crippen molar-refractivity contribution in [3.05, 3.63) is 93.0 Å². The van der Waals surface area contributed by atoms with Crippen molar-refractivity contribution >= 4 is 40.8 Å². The molecule has 2 N–H and O–H groups in total. The number of phenols is 1. The molecule has 0 radical (unpaired) electrons. The van der Waals surface area contributed by atoms with E-state index >= 15 is 0 Å². The van der Waals surface area contributed by atoms with Crippen LogP contribution in [-0.2, 0) is 0 Å². The lowest BCUT2D eigenvalue weighted by Gasteiger charge is -2.07. The maximum atomic E-state index is 12.3. The Morgan fingerprint density at radius 1 is 1.11 bits per heavy atom. The highest BCUT2D eigenvalue weighted by atomic mass is 35.5. The molecule has 7 nitrogen and oxygen atoms in total. The molecule has 0 aromatic heterocycles. The SMILES string of the molecule is O=C(Nc1cccc(N=Cc2cc([N+](=O)[O-])ccc2O)c1)c1ccccc1Cl. The van der Waals surface area contributed by atoms with Gasteiger partial charge in [-0.3, -0.25) is 19.9 Å². The molecular weight excluding hydrogens is 382 g/mol. The van der Waals surface area contributed by atoms with E-state index in [0.717, 1.165) is 0 Å². The molecule has 3 rings (SSSR count). The molecule has 0 bridgehead atoms. The summed E-state index contributed by atoms with van der Waals surface area (Å²) in [4.78, 5) is 26.9. The molecule has 0 aliphatic rings. The van der Waals surface area contributed by atoms with Gasteiger partial charge in [0.25, 0.3) is 11.6 Å². The molecule has 0 spiro atoms. The number of nitro groups is 1. The van der Waals surface area contributed by atoms with Gasteiger partial charge in [0.1, 0.15) is 5.75 Å². The van der Waals surface area contributed by atoms with E-state index in [1.807, 2.05) is 0 Å². The predicted octanol–water partition coefficient (Wildman–Crippen LogP) is 4.96. The number of anilines is 1. The van der Waals surface area contributed by atoms with Crippen molar-refractivity contribution in [2.45, 2.75) is 0 Å². The Labute approximate surface area is 165 Å². The number of nitrogens with one attached hydrogen (secondary N) is 1. The fraction of sp³-hybridized carbons (Fsp3) is 0. The number of hydrogen-bond acceptors (Lipinski definition) is 5. The molecule has 0 aliphatic carbocycles. The van der Waals surface area contributed by atoms with Gasteiger partial charge in [0.15, 0.2) is 0 Å². The van der Waals surface area contributed by atoms with Gasteiger partial charge in [-0.05, 0) is 36.4 Å². The van der Waals surface area contributed by atoms with Crippen LogP contribution in [0, 0.1) is 10.1 Å². The molecule has 0 atom stereocenters. The topological polar surface area (TPSA) is 105 Å². The van der Waals surface area contributed by atoms with Crippen LogP contribution in [0.15, 0.2) is 71.7 Å². The smallest absolute Gasteiger partial charge is 0.270 e. The van der Waals surface area contributed by atoms with Gasteiger partial charge < -0.3 is 10.4 Å². The van der Waals surface area contributed by atoms with Crippen LogP contribution in [0.4, 0.5) is 17.1 Å². The van der Waals surface area contributed by atoms with Crippen LogP contribution in [0.5, 0.6) is 5.75 Å². The summed E-state index contributed by atoms with van der Waals surface area (Å²) < 4.78 is 0. The molecule has 3 aromatic carbocycles. The molecular formula is C20H14ClN3O4. The first kappa shape index (κ1) is 19.1. The van der Waals surface area contributed by atoms with E-state index in [9.17, 15) is 20.0 Å². The fourth-order valence-electron chi connectivity index (χ4n) is 2.41. The summed E-state index contributed by atoms with van der Waals surface area (Å²) in [6.45, 7) is 0. The Bertz CT molecular complexity index is 1080. The quantitative estimate of drug-likeness (QED) is 0.362. The second-order valence-electron chi connectivity index (χ2n) is 5.74. The predicted molar refractivity (Wildman–Crippen MR) is 108 cm³/mol. The van der Waals surface area contributed by atoms with Crippen molar-refractivity contribution in [1.82, 2.24) is 0 Å². The number of nitrogens with zero attached hydrogens (tertiary/aromatic N) is 2. The van der Waals surface area contributed by atoms with Crippen molar-refractivity contribution < 1.29 is 14.8 Å². The summed E-state index contributed by atoms with van der Waals surface area (Å²) in [5, 5.41) is 23.8. The van der Waals surface area contributed by atoms with Crippen molar-refractivity contribution in [2.75, 3.05) is 5.32 Å². The highest BCUT2D eigenvalue weighted by Crippen LogP contribution is 2.24. The van der Waals surface area contributed by atoms with Gasteiger partial charge >= 0.3 is 0 Å². The zero-order valence-electron chi connectivity index (χ0n) is 14.4. The van der Waals surface area contributed by atoms with Gasteiger partial charge in [0, 0.05) is 29.6 Å². The molecule has 28 heavy (non-hydrogen) atoms. The number of carbonyl (C=O) groups excluding carboxylic acids is 1. The number of hydrogen-bond donors (Lipinski definition) is 2. The number of nitro benzene ring substituents is 1. The standard InChI is InChI=1S/C20H14ClN3O4/c21-18-7-2-1-6-17(18)20(26)23-15-5-3-4-14(11-15)22-12-13-10-16(24(27)28)8-9-19(13)25/h1-12,25H,(H,23,26). The molecule has 0 saturated carbocycles. The normalized spacial score (nSPS) is 10.8.